The fraction of sp³-hybridized carbons (Fsp3) is 0.318. The van der Waals surface area contributed by atoms with Crippen LogP contribution in [-0.4, -0.2) is 24.1 Å². The van der Waals surface area contributed by atoms with Gasteiger partial charge in [0.05, 0.1) is 12.2 Å². The number of halogens is 1. The second-order valence-electron chi connectivity index (χ2n) is 7.60. The Kier molecular flexibility index (Phi) is 4.30. The average Bonchev–Trinajstić information content (AvgIpc) is 3.28. The van der Waals surface area contributed by atoms with Crippen LogP contribution in [0.5, 0.6) is 0 Å². The van der Waals surface area contributed by atoms with Crippen LogP contribution in [0.4, 0.5) is 10.2 Å². The van der Waals surface area contributed by atoms with Gasteiger partial charge in [-0.3, -0.25) is 0 Å². The lowest BCUT2D eigenvalue weighted by Crippen LogP contribution is -2.16. The molecule has 5 rings (SSSR count). The maximum absolute atomic E-state index is 13.4. The van der Waals surface area contributed by atoms with Crippen LogP contribution in [0.3, 0.4) is 0 Å². The minimum absolute atomic E-state index is 0.245. The summed E-state index contributed by atoms with van der Waals surface area (Å²) < 4.78 is 17.4. The molecule has 4 aromatic rings. The number of aromatic nitrogens is 5. The van der Waals surface area contributed by atoms with E-state index in [-0.39, 0.29) is 5.82 Å². The fourth-order valence-corrected chi connectivity index (χ4v) is 4.16. The average molecular weight is 390 g/mol. The minimum atomic E-state index is -0.245. The van der Waals surface area contributed by atoms with Gasteiger partial charge >= 0.3 is 0 Å². The molecule has 0 saturated heterocycles. The second kappa shape index (κ2) is 6.99. The van der Waals surface area contributed by atoms with Crippen LogP contribution in [0.15, 0.2) is 36.7 Å². The van der Waals surface area contributed by atoms with Gasteiger partial charge in [0, 0.05) is 36.3 Å². The maximum Gasteiger partial charge on any atom is 0.165 e. The second-order valence-corrected chi connectivity index (χ2v) is 7.60. The molecule has 0 saturated carbocycles. The van der Waals surface area contributed by atoms with Crippen molar-refractivity contribution >= 4 is 11.5 Å². The van der Waals surface area contributed by atoms with Gasteiger partial charge in [-0.1, -0.05) is 12.1 Å². The van der Waals surface area contributed by atoms with Gasteiger partial charge in [0.15, 0.2) is 5.65 Å². The number of rotatable bonds is 4. The Morgan fingerprint density at radius 3 is 2.69 bits per heavy atom. The molecule has 0 atom stereocenters. The molecule has 0 bridgehead atoms. The summed E-state index contributed by atoms with van der Waals surface area (Å²) >= 11 is 0. The first-order valence-corrected chi connectivity index (χ1v) is 9.99. The lowest BCUT2D eigenvalue weighted by molar-refractivity contribution is 0.628. The fourth-order valence-electron chi connectivity index (χ4n) is 4.16. The summed E-state index contributed by atoms with van der Waals surface area (Å²) in [7, 11) is 1.99. The van der Waals surface area contributed by atoms with E-state index in [9.17, 15) is 4.39 Å². The first-order valence-electron chi connectivity index (χ1n) is 9.99. The number of anilines is 1. The molecule has 0 radical (unpaired) electrons. The zero-order chi connectivity index (χ0) is 20.0. The van der Waals surface area contributed by atoms with Gasteiger partial charge < -0.3 is 9.88 Å². The standard InChI is InChI=1S/C22H23FN6/c1-14-20(15-7-9-16(23)10-8-15)22-26-18-6-4-3-5-17(18)21(29(22)27-14)25-13-19-24-11-12-28(19)2/h7-12,25H,3-6,13H2,1-2H3. The number of imidazole rings is 1. The summed E-state index contributed by atoms with van der Waals surface area (Å²) in [4.78, 5) is 9.43. The molecule has 1 N–H and O–H groups in total. The van der Waals surface area contributed by atoms with Gasteiger partial charge in [0.1, 0.15) is 17.5 Å². The van der Waals surface area contributed by atoms with Gasteiger partial charge in [-0.25, -0.2) is 14.4 Å². The van der Waals surface area contributed by atoms with Crippen molar-refractivity contribution in [2.75, 3.05) is 5.32 Å². The van der Waals surface area contributed by atoms with Crippen LogP contribution >= 0.6 is 0 Å². The summed E-state index contributed by atoms with van der Waals surface area (Å²) in [5.74, 6) is 1.71. The number of fused-ring (bicyclic) bond motifs is 2. The van der Waals surface area contributed by atoms with E-state index in [0.717, 1.165) is 65.5 Å². The molecule has 7 heteroatoms. The molecule has 1 aromatic carbocycles. The molecule has 0 fully saturated rings. The SMILES string of the molecule is Cc1nn2c(NCc3nccn3C)c3c(nc2c1-c1ccc(F)cc1)CCCC3. The predicted octanol–water partition coefficient (Wildman–Crippen LogP) is 4.07. The van der Waals surface area contributed by atoms with Crippen molar-refractivity contribution in [1.29, 1.82) is 0 Å². The summed E-state index contributed by atoms with van der Waals surface area (Å²) in [6.07, 6.45) is 8.01. The lowest BCUT2D eigenvalue weighted by atomic mass is 9.96. The Bertz CT molecular complexity index is 1190. The maximum atomic E-state index is 13.4. The van der Waals surface area contributed by atoms with Crippen LogP contribution in [0.1, 0.15) is 35.6 Å². The number of nitrogens with one attached hydrogen (secondary N) is 1. The van der Waals surface area contributed by atoms with E-state index in [2.05, 4.69) is 10.3 Å². The van der Waals surface area contributed by atoms with E-state index in [1.807, 2.05) is 29.3 Å². The monoisotopic (exact) mass is 390 g/mol. The number of hydrogen-bond acceptors (Lipinski definition) is 4. The van der Waals surface area contributed by atoms with Crippen LogP contribution in [0.2, 0.25) is 0 Å². The third-order valence-electron chi connectivity index (χ3n) is 5.68. The van der Waals surface area contributed by atoms with E-state index < -0.39 is 0 Å². The van der Waals surface area contributed by atoms with Crippen LogP contribution in [-0.2, 0) is 26.4 Å². The molecule has 3 heterocycles. The normalized spacial score (nSPS) is 13.6. The topological polar surface area (TPSA) is 60.0 Å². The van der Waals surface area contributed by atoms with Crippen molar-refractivity contribution in [3.05, 3.63) is 65.3 Å². The lowest BCUT2D eigenvalue weighted by Gasteiger charge is -2.20. The van der Waals surface area contributed by atoms with E-state index in [0.29, 0.717) is 6.54 Å². The van der Waals surface area contributed by atoms with Crippen molar-refractivity contribution in [2.24, 2.45) is 7.05 Å². The Balaban J connectivity index is 1.67. The highest BCUT2D eigenvalue weighted by atomic mass is 19.1. The summed E-state index contributed by atoms with van der Waals surface area (Å²) in [5.41, 5.74) is 5.96. The van der Waals surface area contributed by atoms with E-state index in [4.69, 9.17) is 10.1 Å². The number of aryl methyl sites for hydroxylation is 3. The number of hydrogen-bond donors (Lipinski definition) is 1. The van der Waals surface area contributed by atoms with Gasteiger partial charge in [0.25, 0.3) is 0 Å². The van der Waals surface area contributed by atoms with Gasteiger partial charge in [-0.2, -0.15) is 9.61 Å². The molecule has 0 amide bonds. The molecule has 3 aromatic heterocycles. The van der Waals surface area contributed by atoms with Crippen molar-refractivity contribution in [2.45, 2.75) is 39.2 Å². The van der Waals surface area contributed by atoms with E-state index in [1.54, 1.807) is 18.3 Å². The number of benzene rings is 1. The molecule has 0 spiro atoms. The van der Waals surface area contributed by atoms with Gasteiger partial charge in [-0.15, -0.1) is 0 Å². The highest BCUT2D eigenvalue weighted by Gasteiger charge is 2.23. The minimum Gasteiger partial charge on any atom is -0.362 e. The zero-order valence-electron chi connectivity index (χ0n) is 16.6. The molecular weight excluding hydrogens is 367 g/mol. The van der Waals surface area contributed by atoms with Crippen LogP contribution in [0.25, 0.3) is 16.8 Å². The smallest absolute Gasteiger partial charge is 0.165 e. The Morgan fingerprint density at radius 2 is 1.93 bits per heavy atom. The molecule has 6 nitrogen and oxygen atoms in total. The van der Waals surface area contributed by atoms with Crippen molar-refractivity contribution < 1.29 is 4.39 Å². The van der Waals surface area contributed by atoms with Crippen molar-refractivity contribution in [1.82, 2.24) is 24.1 Å². The highest BCUT2D eigenvalue weighted by Crippen LogP contribution is 2.34. The van der Waals surface area contributed by atoms with Crippen molar-refractivity contribution in [3.63, 3.8) is 0 Å². The predicted molar refractivity (Wildman–Crippen MR) is 110 cm³/mol. The molecule has 1 aliphatic carbocycles. The van der Waals surface area contributed by atoms with Crippen molar-refractivity contribution in [3.8, 4) is 11.1 Å². The first kappa shape index (κ1) is 17.8. The van der Waals surface area contributed by atoms with Crippen LogP contribution in [0, 0.1) is 12.7 Å². The quantitative estimate of drug-likeness (QED) is 0.571. The molecule has 1 aliphatic rings. The third-order valence-corrected chi connectivity index (χ3v) is 5.68. The molecule has 29 heavy (non-hydrogen) atoms. The number of nitrogens with zero attached hydrogens (tertiary/aromatic N) is 5. The van der Waals surface area contributed by atoms with E-state index in [1.165, 1.54) is 17.7 Å². The van der Waals surface area contributed by atoms with Gasteiger partial charge in [-0.05, 0) is 50.3 Å². The molecular formula is C22H23FN6. The zero-order valence-corrected chi connectivity index (χ0v) is 16.6. The summed E-state index contributed by atoms with van der Waals surface area (Å²) in [5, 5.41) is 8.39. The van der Waals surface area contributed by atoms with Gasteiger partial charge in [0.2, 0.25) is 0 Å². The summed E-state index contributed by atoms with van der Waals surface area (Å²) in [6, 6.07) is 6.55. The Labute approximate surface area is 168 Å². The largest absolute Gasteiger partial charge is 0.362 e. The third kappa shape index (κ3) is 3.06. The molecule has 148 valence electrons. The summed E-state index contributed by atoms with van der Waals surface area (Å²) in [6.45, 7) is 2.59. The van der Waals surface area contributed by atoms with E-state index >= 15 is 0 Å². The van der Waals surface area contributed by atoms with Crippen LogP contribution < -0.4 is 5.32 Å². The molecule has 0 aliphatic heterocycles. The Morgan fingerprint density at radius 1 is 1.14 bits per heavy atom. The first-order chi connectivity index (χ1) is 14.1. The molecule has 0 unspecified atom stereocenters. The Hall–Kier alpha value is -3.22. The highest BCUT2D eigenvalue weighted by molar-refractivity contribution is 5.81.